The number of aliphatic hydroxyl groups excluding tert-OH is 1. The molecule has 0 aliphatic carbocycles. The number of hydrogen-bond donors (Lipinski definition) is 1. The standard InChI is InChI=1S/C13H16Br2N2OS/c1-3-8(2)17-5-4-9(16-17)6-11(18)12-7-10(14)13(15)19-12/h4-5,7-8,11,18H,3,6H2,1-2H3. The fraction of sp³-hybridized carbons (Fsp3) is 0.462. The molecule has 1 N–H and O–H groups in total. The maximum atomic E-state index is 10.2. The molecule has 2 aromatic rings. The smallest absolute Gasteiger partial charge is 0.0938 e. The molecule has 3 nitrogen and oxygen atoms in total. The normalized spacial score (nSPS) is 14.6. The van der Waals surface area contributed by atoms with Crippen LogP contribution in [0.2, 0.25) is 0 Å². The molecule has 0 aromatic carbocycles. The Bertz CT molecular complexity index is 533. The van der Waals surface area contributed by atoms with E-state index in [1.165, 1.54) is 0 Å². The van der Waals surface area contributed by atoms with Crippen LogP contribution in [0.4, 0.5) is 0 Å². The topological polar surface area (TPSA) is 38.0 Å². The Balaban J connectivity index is 2.06. The maximum absolute atomic E-state index is 10.2. The molecule has 0 amide bonds. The van der Waals surface area contributed by atoms with Crippen LogP contribution in [0, 0.1) is 0 Å². The lowest BCUT2D eigenvalue weighted by molar-refractivity contribution is 0.180. The number of hydrogen-bond acceptors (Lipinski definition) is 3. The SMILES string of the molecule is CCC(C)n1ccc(CC(O)c2cc(Br)c(Br)s2)n1. The van der Waals surface area contributed by atoms with Crippen molar-refractivity contribution in [1.29, 1.82) is 0 Å². The number of thiophene rings is 1. The fourth-order valence-electron chi connectivity index (χ4n) is 1.75. The Labute approximate surface area is 133 Å². The third kappa shape index (κ3) is 3.68. The van der Waals surface area contributed by atoms with Gasteiger partial charge in [-0.2, -0.15) is 5.10 Å². The van der Waals surface area contributed by atoms with Crippen molar-refractivity contribution in [3.05, 3.63) is 37.2 Å². The van der Waals surface area contributed by atoms with Gasteiger partial charge in [0.15, 0.2) is 0 Å². The molecule has 0 bridgehead atoms. The molecule has 0 saturated heterocycles. The highest BCUT2D eigenvalue weighted by Crippen LogP contribution is 2.36. The molecule has 0 radical (unpaired) electrons. The van der Waals surface area contributed by atoms with Crippen LogP contribution >= 0.6 is 43.2 Å². The third-order valence-corrected chi connectivity index (χ3v) is 6.46. The number of nitrogens with zero attached hydrogens (tertiary/aromatic N) is 2. The molecule has 6 heteroatoms. The van der Waals surface area contributed by atoms with Crippen molar-refractivity contribution >= 4 is 43.2 Å². The van der Waals surface area contributed by atoms with Crippen molar-refractivity contribution in [2.45, 2.75) is 38.8 Å². The van der Waals surface area contributed by atoms with Crippen molar-refractivity contribution in [2.24, 2.45) is 0 Å². The maximum Gasteiger partial charge on any atom is 0.0938 e. The van der Waals surface area contributed by atoms with Gasteiger partial charge in [-0.1, -0.05) is 6.92 Å². The molecule has 19 heavy (non-hydrogen) atoms. The summed E-state index contributed by atoms with van der Waals surface area (Å²) in [4.78, 5) is 0.942. The third-order valence-electron chi connectivity index (χ3n) is 3.10. The van der Waals surface area contributed by atoms with Gasteiger partial charge in [-0.05, 0) is 57.3 Å². The highest BCUT2D eigenvalue weighted by molar-refractivity contribution is 9.13. The van der Waals surface area contributed by atoms with Gasteiger partial charge in [0, 0.05) is 28.0 Å². The molecular weight excluding hydrogens is 392 g/mol. The van der Waals surface area contributed by atoms with E-state index >= 15 is 0 Å². The van der Waals surface area contributed by atoms with E-state index < -0.39 is 6.10 Å². The summed E-state index contributed by atoms with van der Waals surface area (Å²) in [6, 6.07) is 4.33. The second-order valence-corrected chi connectivity index (χ2v) is 7.79. The average molecular weight is 408 g/mol. The summed E-state index contributed by atoms with van der Waals surface area (Å²) in [5, 5.41) is 14.7. The molecule has 2 unspecified atom stereocenters. The van der Waals surface area contributed by atoms with E-state index in [4.69, 9.17) is 0 Å². The van der Waals surface area contributed by atoms with Gasteiger partial charge in [0.25, 0.3) is 0 Å². The van der Waals surface area contributed by atoms with Gasteiger partial charge in [0.1, 0.15) is 0 Å². The van der Waals surface area contributed by atoms with Gasteiger partial charge in [0.2, 0.25) is 0 Å². The van der Waals surface area contributed by atoms with Gasteiger partial charge < -0.3 is 5.11 Å². The summed E-state index contributed by atoms with van der Waals surface area (Å²) in [6.07, 6.45) is 3.07. The van der Waals surface area contributed by atoms with E-state index in [1.807, 2.05) is 23.0 Å². The number of halogens is 2. The van der Waals surface area contributed by atoms with Crippen LogP contribution < -0.4 is 0 Å². The zero-order valence-corrected chi connectivity index (χ0v) is 14.8. The molecular formula is C13H16Br2N2OS. The van der Waals surface area contributed by atoms with Crippen molar-refractivity contribution < 1.29 is 5.11 Å². The Kier molecular flexibility index (Phi) is 5.22. The average Bonchev–Trinajstić information content (AvgIpc) is 2.97. The minimum absolute atomic E-state index is 0.399. The van der Waals surface area contributed by atoms with Gasteiger partial charge >= 0.3 is 0 Å². The summed E-state index contributed by atoms with van der Waals surface area (Å²) in [6.45, 7) is 4.28. The summed E-state index contributed by atoms with van der Waals surface area (Å²) in [7, 11) is 0. The van der Waals surface area contributed by atoms with Crippen molar-refractivity contribution in [3.8, 4) is 0 Å². The lowest BCUT2D eigenvalue weighted by atomic mass is 10.2. The second kappa shape index (κ2) is 6.52. The predicted octanol–water partition coefficient (Wildman–Crippen LogP) is 4.72. The number of aliphatic hydroxyl groups is 1. The lowest BCUT2D eigenvalue weighted by Crippen LogP contribution is -2.06. The van der Waals surface area contributed by atoms with Crippen LogP contribution in [0.1, 0.15) is 43.0 Å². The molecule has 0 aliphatic rings. The van der Waals surface area contributed by atoms with E-state index in [0.29, 0.717) is 12.5 Å². The minimum Gasteiger partial charge on any atom is -0.387 e. The first kappa shape index (κ1) is 15.2. The highest BCUT2D eigenvalue weighted by Gasteiger charge is 2.15. The van der Waals surface area contributed by atoms with Crippen molar-refractivity contribution in [1.82, 2.24) is 9.78 Å². The van der Waals surface area contributed by atoms with E-state index in [2.05, 4.69) is 50.8 Å². The first-order chi connectivity index (χ1) is 9.01. The van der Waals surface area contributed by atoms with E-state index in [9.17, 15) is 5.11 Å². The second-order valence-electron chi connectivity index (χ2n) is 4.53. The van der Waals surface area contributed by atoms with Gasteiger partial charge in [-0.25, -0.2) is 0 Å². The first-order valence-corrected chi connectivity index (χ1v) is 8.58. The zero-order chi connectivity index (χ0) is 14.0. The lowest BCUT2D eigenvalue weighted by Gasteiger charge is -2.09. The van der Waals surface area contributed by atoms with Crippen LogP contribution in [0.15, 0.2) is 26.6 Å². The molecule has 0 aliphatic heterocycles. The van der Waals surface area contributed by atoms with Gasteiger partial charge in [-0.3, -0.25) is 4.68 Å². The monoisotopic (exact) mass is 406 g/mol. The summed E-state index contributed by atoms with van der Waals surface area (Å²) < 4.78 is 3.95. The van der Waals surface area contributed by atoms with E-state index in [-0.39, 0.29) is 0 Å². The van der Waals surface area contributed by atoms with Crippen molar-refractivity contribution in [2.75, 3.05) is 0 Å². The summed E-state index contributed by atoms with van der Waals surface area (Å²) in [5.74, 6) is 0. The van der Waals surface area contributed by atoms with Crippen LogP contribution in [0.25, 0.3) is 0 Å². The largest absolute Gasteiger partial charge is 0.387 e. The molecule has 2 heterocycles. The summed E-state index contributed by atoms with van der Waals surface area (Å²) in [5.41, 5.74) is 0.924. The molecule has 0 fully saturated rings. The minimum atomic E-state index is -0.507. The Morgan fingerprint density at radius 2 is 2.21 bits per heavy atom. The molecule has 2 rings (SSSR count). The van der Waals surface area contributed by atoms with Crippen molar-refractivity contribution in [3.63, 3.8) is 0 Å². The Morgan fingerprint density at radius 1 is 1.47 bits per heavy atom. The van der Waals surface area contributed by atoms with E-state index in [0.717, 1.165) is 25.3 Å². The first-order valence-electron chi connectivity index (χ1n) is 6.18. The molecule has 104 valence electrons. The molecule has 0 saturated carbocycles. The quantitative estimate of drug-likeness (QED) is 0.778. The van der Waals surface area contributed by atoms with Crippen LogP contribution in [-0.2, 0) is 6.42 Å². The van der Waals surface area contributed by atoms with Crippen LogP contribution in [-0.4, -0.2) is 14.9 Å². The van der Waals surface area contributed by atoms with Gasteiger partial charge in [-0.15, -0.1) is 11.3 Å². The summed E-state index contributed by atoms with van der Waals surface area (Å²) >= 11 is 8.42. The van der Waals surface area contributed by atoms with Crippen LogP contribution in [0.5, 0.6) is 0 Å². The Hall–Kier alpha value is -0.170. The number of aromatic nitrogens is 2. The molecule has 2 aromatic heterocycles. The van der Waals surface area contributed by atoms with Gasteiger partial charge in [0.05, 0.1) is 15.6 Å². The molecule has 0 spiro atoms. The van der Waals surface area contributed by atoms with Crippen LogP contribution in [0.3, 0.4) is 0 Å². The number of rotatable bonds is 5. The Morgan fingerprint density at radius 3 is 2.79 bits per heavy atom. The zero-order valence-electron chi connectivity index (χ0n) is 10.8. The predicted molar refractivity (Wildman–Crippen MR) is 85.6 cm³/mol. The highest BCUT2D eigenvalue weighted by atomic mass is 79.9. The molecule has 2 atom stereocenters. The van der Waals surface area contributed by atoms with E-state index in [1.54, 1.807) is 11.3 Å². The fourth-order valence-corrected chi connectivity index (χ4v) is 3.82.